The van der Waals surface area contributed by atoms with Crippen molar-refractivity contribution < 1.29 is 9.53 Å². The van der Waals surface area contributed by atoms with Crippen molar-refractivity contribution in [3.63, 3.8) is 0 Å². The average molecular weight is 365 g/mol. The second kappa shape index (κ2) is 6.49. The lowest BCUT2D eigenvalue weighted by atomic mass is 9.97. The Morgan fingerprint density at radius 2 is 1.81 bits per heavy atom. The summed E-state index contributed by atoms with van der Waals surface area (Å²) in [6.45, 7) is 3.85. The van der Waals surface area contributed by atoms with Crippen molar-refractivity contribution >= 4 is 17.4 Å². The molecule has 3 aliphatic rings. The fourth-order valence-corrected chi connectivity index (χ4v) is 4.33. The van der Waals surface area contributed by atoms with Gasteiger partial charge in [-0.25, -0.2) is 9.97 Å². The van der Waals surface area contributed by atoms with E-state index >= 15 is 0 Å². The van der Waals surface area contributed by atoms with Crippen LogP contribution in [0.25, 0.3) is 11.4 Å². The van der Waals surface area contributed by atoms with Crippen LogP contribution in [0.2, 0.25) is 0 Å². The second-order valence-corrected chi connectivity index (χ2v) is 7.35. The number of carbonyl (C=O) groups is 1. The molecule has 7 heteroatoms. The van der Waals surface area contributed by atoms with E-state index in [4.69, 9.17) is 20.4 Å². The first kappa shape index (κ1) is 16.5. The maximum atomic E-state index is 12.2. The van der Waals surface area contributed by atoms with Crippen LogP contribution in [0.1, 0.15) is 30.1 Å². The molecule has 2 saturated heterocycles. The minimum atomic E-state index is 0.0802. The van der Waals surface area contributed by atoms with E-state index in [0.29, 0.717) is 25.5 Å². The zero-order chi connectivity index (χ0) is 18.4. The molecule has 1 amide bonds. The number of aromatic nitrogens is 2. The number of benzene rings is 1. The predicted molar refractivity (Wildman–Crippen MR) is 102 cm³/mol. The monoisotopic (exact) mass is 365 g/mol. The van der Waals surface area contributed by atoms with Gasteiger partial charge in [-0.15, -0.1) is 0 Å². The van der Waals surface area contributed by atoms with E-state index in [2.05, 4.69) is 4.90 Å². The van der Waals surface area contributed by atoms with E-state index in [1.165, 1.54) is 5.56 Å². The fourth-order valence-electron chi connectivity index (χ4n) is 4.33. The molecule has 0 saturated carbocycles. The van der Waals surface area contributed by atoms with E-state index in [9.17, 15) is 4.79 Å². The number of hydrogen-bond acceptors (Lipinski definition) is 6. The zero-order valence-electron chi connectivity index (χ0n) is 15.2. The number of carbonyl (C=O) groups excluding carboxylic acids is 1. The molecule has 2 N–H and O–H groups in total. The van der Waals surface area contributed by atoms with Gasteiger partial charge in [0.15, 0.2) is 5.82 Å². The molecule has 27 heavy (non-hydrogen) atoms. The molecule has 1 aromatic carbocycles. The van der Waals surface area contributed by atoms with Crippen LogP contribution in [-0.4, -0.2) is 53.6 Å². The lowest BCUT2D eigenvalue weighted by Crippen LogP contribution is -2.40. The lowest BCUT2D eigenvalue weighted by molar-refractivity contribution is -0.129. The van der Waals surface area contributed by atoms with Crippen molar-refractivity contribution in [1.29, 1.82) is 0 Å². The molecule has 2 aromatic rings. The molecular formula is C20H23N5O2. The quantitative estimate of drug-likeness (QED) is 0.817. The smallest absolute Gasteiger partial charge is 0.223 e. The summed E-state index contributed by atoms with van der Waals surface area (Å²) < 4.78 is 5.52. The topological polar surface area (TPSA) is 84.6 Å². The highest BCUT2D eigenvalue weighted by Crippen LogP contribution is 2.41. The number of nitrogen functional groups attached to an aromatic ring is 1. The first-order valence-electron chi connectivity index (χ1n) is 9.59. The zero-order valence-corrected chi connectivity index (χ0v) is 15.2. The molecule has 2 fully saturated rings. The third-order valence-electron chi connectivity index (χ3n) is 5.74. The Hall–Kier alpha value is -2.67. The van der Waals surface area contributed by atoms with Gasteiger partial charge in [0.1, 0.15) is 5.82 Å². The number of rotatable bonds is 2. The van der Waals surface area contributed by atoms with Gasteiger partial charge in [0.05, 0.1) is 24.9 Å². The molecule has 0 bridgehead atoms. The predicted octanol–water partition coefficient (Wildman–Crippen LogP) is 1.78. The van der Waals surface area contributed by atoms with E-state index in [1.54, 1.807) is 0 Å². The van der Waals surface area contributed by atoms with Crippen molar-refractivity contribution in [2.24, 2.45) is 0 Å². The standard InChI is InChI=1S/C20H23N5O2/c21-14-3-1-13(2-4-14)19-22-18-15(7-8-25-16(18)5-6-17(25)26)20(23-19)24-9-11-27-12-10-24/h1-4,16H,5-12,21H2. The molecule has 7 nitrogen and oxygen atoms in total. The highest BCUT2D eigenvalue weighted by atomic mass is 16.5. The van der Waals surface area contributed by atoms with Crippen molar-refractivity contribution in [2.45, 2.75) is 25.3 Å². The Bertz CT molecular complexity index is 877. The van der Waals surface area contributed by atoms with E-state index in [1.807, 2.05) is 29.2 Å². The SMILES string of the molecule is Nc1ccc(-c2nc3c(c(N4CCOCC4)n2)CCN2C(=O)CCC32)cc1. The molecule has 0 radical (unpaired) electrons. The molecular weight excluding hydrogens is 342 g/mol. The summed E-state index contributed by atoms with van der Waals surface area (Å²) in [7, 11) is 0. The molecule has 140 valence electrons. The third-order valence-corrected chi connectivity index (χ3v) is 5.74. The molecule has 4 heterocycles. The molecule has 0 aliphatic carbocycles. The first-order valence-corrected chi connectivity index (χ1v) is 9.59. The first-order chi connectivity index (χ1) is 13.2. The van der Waals surface area contributed by atoms with Gasteiger partial charge in [0.2, 0.25) is 5.91 Å². The van der Waals surface area contributed by atoms with E-state index < -0.39 is 0 Å². The Kier molecular flexibility index (Phi) is 3.97. The van der Waals surface area contributed by atoms with Gasteiger partial charge >= 0.3 is 0 Å². The third kappa shape index (κ3) is 2.82. The Morgan fingerprint density at radius 3 is 2.59 bits per heavy atom. The van der Waals surface area contributed by atoms with Crippen LogP contribution < -0.4 is 10.6 Å². The van der Waals surface area contributed by atoms with Gasteiger partial charge in [0, 0.05) is 42.9 Å². The number of fused-ring (bicyclic) bond motifs is 3. The van der Waals surface area contributed by atoms with Gasteiger partial charge < -0.3 is 20.3 Å². The van der Waals surface area contributed by atoms with Crippen LogP contribution in [0.15, 0.2) is 24.3 Å². The summed E-state index contributed by atoms with van der Waals surface area (Å²) in [5.41, 5.74) is 9.73. The molecule has 1 aromatic heterocycles. The number of hydrogen-bond donors (Lipinski definition) is 1. The van der Waals surface area contributed by atoms with Gasteiger partial charge in [0.25, 0.3) is 0 Å². The van der Waals surface area contributed by atoms with Gasteiger partial charge in [-0.1, -0.05) is 0 Å². The van der Waals surface area contributed by atoms with Gasteiger partial charge in [-0.3, -0.25) is 4.79 Å². The number of nitrogens with two attached hydrogens (primary N) is 1. The Morgan fingerprint density at radius 1 is 1.04 bits per heavy atom. The number of nitrogens with zero attached hydrogens (tertiary/aromatic N) is 4. The Labute approximate surface area is 158 Å². The normalized spacial score (nSPS) is 21.9. The van der Waals surface area contributed by atoms with Crippen molar-refractivity contribution in [3.8, 4) is 11.4 Å². The lowest BCUT2D eigenvalue weighted by Gasteiger charge is -2.36. The van der Waals surface area contributed by atoms with Crippen LogP contribution in [-0.2, 0) is 16.0 Å². The molecule has 0 spiro atoms. The van der Waals surface area contributed by atoms with Crippen molar-refractivity contribution in [1.82, 2.24) is 14.9 Å². The van der Waals surface area contributed by atoms with Crippen LogP contribution in [0, 0.1) is 0 Å². The number of anilines is 2. The van der Waals surface area contributed by atoms with Crippen molar-refractivity contribution in [2.75, 3.05) is 43.5 Å². The summed E-state index contributed by atoms with van der Waals surface area (Å²) in [4.78, 5) is 26.4. The number of ether oxygens (including phenoxy) is 1. The summed E-state index contributed by atoms with van der Waals surface area (Å²) >= 11 is 0. The van der Waals surface area contributed by atoms with Crippen molar-refractivity contribution in [3.05, 3.63) is 35.5 Å². The molecule has 3 aliphatic heterocycles. The summed E-state index contributed by atoms with van der Waals surface area (Å²) in [6.07, 6.45) is 2.26. The molecule has 1 unspecified atom stereocenters. The summed E-state index contributed by atoms with van der Waals surface area (Å²) in [5.74, 6) is 1.96. The van der Waals surface area contributed by atoms with E-state index in [0.717, 1.165) is 55.2 Å². The van der Waals surface area contributed by atoms with Crippen LogP contribution in [0.3, 0.4) is 0 Å². The minimum absolute atomic E-state index is 0.0802. The minimum Gasteiger partial charge on any atom is -0.399 e. The van der Waals surface area contributed by atoms with E-state index in [-0.39, 0.29) is 11.9 Å². The largest absolute Gasteiger partial charge is 0.399 e. The maximum Gasteiger partial charge on any atom is 0.223 e. The maximum absolute atomic E-state index is 12.2. The van der Waals surface area contributed by atoms with Crippen LogP contribution in [0.4, 0.5) is 11.5 Å². The highest BCUT2D eigenvalue weighted by Gasteiger charge is 2.39. The summed E-state index contributed by atoms with van der Waals surface area (Å²) in [5, 5.41) is 0. The average Bonchev–Trinajstić information content (AvgIpc) is 3.10. The summed E-state index contributed by atoms with van der Waals surface area (Å²) in [6, 6.07) is 7.74. The molecule has 5 rings (SSSR count). The second-order valence-electron chi connectivity index (χ2n) is 7.35. The highest BCUT2D eigenvalue weighted by molar-refractivity contribution is 5.80. The number of amides is 1. The van der Waals surface area contributed by atoms with Crippen LogP contribution >= 0.6 is 0 Å². The Balaban J connectivity index is 1.64. The van der Waals surface area contributed by atoms with Crippen LogP contribution in [0.5, 0.6) is 0 Å². The number of morpholine rings is 1. The van der Waals surface area contributed by atoms with Gasteiger partial charge in [-0.2, -0.15) is 0 Å². The fraction of sp³-hybridized carbons (Fsp3) is 0.450. The molecule has 1 atom stereocenters. The van der Waals surface area contributed by atoms with Gasteiger partial charge in [-0.05, 0) is 37.1 Å².